The molecule has 3 aromatic rings. The maximum atomic E-state index is 6.02. The summed E-state index contributed by atoms with van der Waals surface area (Å²) < 4.78 is 6.02. The third-order valence-corrected chi connectivity index (χ3v) is 3.52. The van der Waals surface area contributed by atoms with Gasteiger partial charge in [-0.15, -0.1) is 0 Å². The van der Waals surface area contributed by atoms with Crippen molar-refractivity contribution in [3.8, 4) is 5.75 Å². The second-order valence-electron chi connectivity index (χ2n) is 5.12. The lowest BCUT2D eigenvalue weighted by molar-refractivity contribution is 0.310. The molecule has 2 heteroatoms. The molecule has 3 rings (SSSR count). The number of rotatable bonds is 5. The zero-order chi connectivity index (χ0) is 14.5. The van der Waals surface area contributed by atoms with Gasteiger partial charge in [0.05, 0.1) is 0 Å². The summed E-state index contributed by atoms with van der Waals surface area (Å²) in [6.07, 6.45) is 0. The van der Waals surface area contributed by atoms with Gasteiger partial charge in [0.2, 0.25) is 0 Å². The minimum atomic E-state index is 0.589. The summed E-state index contributed by atoms with van der Waals surface area (Å²) in [5.74, 6) is 0.937. The molecule has 0 radical (unpaired) electrons. The number of benzene rings is 3. The number of hydrogen-bond acceptors (Lipinski definition) is 2. The van der Waals surface area contributed by atoms with Crippen LogP contribution in [0.1, 0.15) is 11.1 Å². The Bertz CT molecular complexity index is 731. The van der Waals surface area contributed by atoms with Crippen molar-refractivity contribution in [1.82, 2.24) is 5.32 Å². The van der Waals surface area contributed by atoms with Crippen LogP contribution < -0.4 is 10.1 Å². The van der Waals surface area contributed by atoms with Crippen molar-refractivity contribution in [3.63, 3.8) is 0 Å². The van der Waals surface area contributed by atoms with Crippen LogP contribution in [0.15, 0.2) is 66.7 Å². The summed E-state index contributed by atoms with van der Waals surface area (Å²) in [6.45, 7) is 1.47. The van der Waals surface area contributed by atoms with Gasteiger partial charge in [-0.25, -0.2) is 0 Å². The van der Waals surface area contributed by atoms with Crippen molar-refractivity contribution in [2.75, 3.05) is 7.05 Å². The van der Waals surface area contributed by atoms with Gasteiger partial charge in [-0.1, -0.05) is 60.7 Å². The van der Waals surface area contributed by atoms with E-state index in [1.54, 1.807) is 0 Å². The maximum absolute atomic E-state index is 6.02. The molecule has 0 aliphatic carbocycles. The molecule has 0 saturated heterocycles. The van der Waals surface area contributed by atoms with Crippen LogP contribution in [0, 0.1) is 0 Å². The maximum Gasteiger partial charge on any atom is 0.127 e. The smallest absolute Gasteiger partial charge is 0.127 e. The van der Waals surface area contributed by atoms with E-state index in [0.717, 1.165) is 17.7 Å². The summed E-state index contributed by atoms with van der Waals surface area (Å²) >= 11 is 0. The number of ether oxygens (including phenoxy) is 1. The van der Waals surface area contributed by atoms with Crippen molar-refractivity contribution >= 4 is 10.8 Å². The van der Waals surface area contributed by atoms with Gasteiger partial charge in [0.15, 0.2) is 0 Å². The van der Waals surface area contributed by atoms with Gasteiger partial charge < -0.3 is 10.1 Å². The Morgan fingerprint density at radius 2 is 1.62 bits per heavy atom. The Labute approximate surface area is 125 Å². The van der Waals surface area contributed by atoms with E-state index in [0.29, 0.717) is 6.61 Å². The lowest BCUT2D eigenvalue weighted by atomic mass is 10.1. The van der Waals surface area contributed by atoms with Crippen LogP contribution in [-0.4, -0.2) is 7.05 Å². The molecule has 0 aromatic heterocycles. The Morgan fingerprint density at radius 1 is 0.857 bits per heavy atom. The highest BCUT2D eigenvalue weighted by atomic mass is 16.5. The molecule has 0 saturated carbocycles. The summed E-state index contributed by atoms with van der Waals surface area (Å²) in [5, 5.41) is 5.53. The fraction of sp³-hybridized carbons (Fsp3) is 0.158. The van der Waals surface area contributed by atoms with Crippen LogP contribution in [0.25, 0.3) is 10.8 Å². The molecule has 0 spiro atoms. The van der Waals surface area contributed by atoms with E-state index in [9.17, 15) is 0 Å². The van der Waals surface area contributed by atoms with Crippen molar-refractivity contribution in [1.29, 1.82) is 0 Å². The molecule has 0 atom stereocenters. The zero-order valence-corrected chi connectivity index (χ0v) is 12.2. The molecule has 0 unspecified atom stereocenters. The van der Waals surface area contributed by atoms with Gasteiger partial charge in [0, 0.05) is 11.9 Å². The molecule has 106 valence electrons. The summed E-state index contributed by atoms with van der Waals surface area (Å²) in [4.78, 5) is 0. The molecule has 0 bridgehead atoms. The molecule has 1 N–H and O–H groups in total. The molecule has 0 amide bonds. The van der Waals surface area contributed by atoms with E-state index < -0.39 is 0 Å². The molecular weight excluding hydrogens is 258 g/mol. The van der Waals surface area contributed by atoms with E-state index in [1.807, 2.05) is 31.3 Å². The predicted molar refractivity (Wildman–Crippen MR) is 87.5 cm³/mol. The Balaban J connectivity index is 1.79. The van der Waals surface area contributed by atoms with Crippen LogP contribution in [0.4, 0.5) is 0 Å². The number of fused-ring (bicyclic) bond motifs is 1. The quantitative estimate of drug-likeness (QED) is 0.757. The number of nitrogens with one attached hydrogen (secondary N) is 1. The normalized spacial score (nSPS) is 10.7. The topological polar surface area (TPSA) is 21.3 Å². The molecule has 0 aliphatic rings. The highest BCUT2D eigenvalue weighted by molar-refractivity contribution is 5.88. The Morgan fingerprint density at radius 3 is 2.52 bits per heavy atom. The van der Waals surface area contributed by atoms with E-state index in [1.165, 1.54) is 16.5 Å². The lowest BCUT2D eigenvalue weighted by Gasteiger charge is -2.10. The van der Waals surface area contributed by atoms with E-state index in [-0.39, 0.29) is 0 Å². The van der Waals surface area contributed by atoms with Crippen LogP contribution >= 0.6 is 0 Å². The van der Waals surface area contributed by atoms with Crippen LogP contribution in [-0.2, 0) is 13.2 Å². The average Bonchev–Trinajstić information content (AvgIpc) is 2.53. The third-order valence-electron chi connectivity index (χ3n) is 3.52. The van der Waals surface area contributed by atoms with Crippen LogP contribution in [0.5, 0.6) is 5.75 Å². The lowest BCUT2D eigenvalue weighted by Crippen LogP contribution is -2.05. The minimum Gasteiger partial charge on any atom is -0.488 e. The van der Waals surface area contributed by atoms with Crippen molar-refractivity contribution in [2.24, 2.45) is 0 Å². The monoisotopic (exact) mass is 277 g/mol. The van der Waals surface area contributed by atoms with Gasteiger partial charge in [-0.05, 0) is 29.6 Å². The van der Waals surface area contributed by atoms with Gasteiger partial charge in [0.1, 0.15) is 12.4 Å². The zero-order valence-electron chi connectivity index (χ0n) is 12.2. The summed E-state index contributed by atoms with van der Waals surface area (Å²) in [7, 11) is 1.96. The number of hydrogen-bond donors (Lipinski definition) is 1. The fourth-order valence-electron chi connectivity index (χ4n) is 2.52. The molecule has 3 aromatic carbocycles. The third kappa shape index (κ3) is 3.23. The van der Waals surface area contributed by atoms with Crippen LogP contribution in [0.3, 0.4) is 0 Å². The first-order valence-corrected chi connectivity index (χ1v) is 7.20. The van der Waals surface area contributed by atoms with E-state index in [2.05, 4.69) is 47.8 Å². The van der Waals surface area contributed by atoms with Crippen molar-refractivity contribution in [3.05, 3.63) is 77.9 Å². The molecule has 0 aliphatic heterocycles. The second kappa shape index (κ2) is 6.42. The highest BCUT2D eigenvalue weighted by Gasteiger charge is 2.02. The molecular formula is C19H19NO. The first-order valence-electron chi connectivity index (χ1n) is 7.20. The van der Waals surface area contributed by atoms with E-state index >= 15 is 0 Å². The predicted octanol–water partition coefficient (Wildman–Crippen LogP) is 4.14. The minimum absolute atomic E-state index is 0.589. The first kappa shape index (κ1) is 13.7. The van der Waals surface area contributed by atoms with E-state index in [4.69, 9.17) is 4.74 Å². The fourth-order valence-corrected chi connectivity index (χ4v) is 2.52. The molecule has 21 heavy (non-hydrogen) atoms. The SMILES string of the molecule is CNCc1cccc(COc2cccc3ccccc23)c1. The van der Waals surface area contributed by atoms with Crippen LogP contribution in [0.2, 0.25) is 0 Å². The van der Waals surface area contributed by atoms with Crippen molar-refractivity contribution < 1.29 is 4.74 Å². The van der Waals surface area contributed by atoms with Gasteiger partial charge >= 0.3 is 0 Å². The van der Waals surface area contributed by atoms with Gasteiger partial charge in [0.25, 0.3) is 0 Å². The van der Waals surface area contributed by atoms with Crippen molar-refractivity contribution in [2.45, 2.75) is 13.2 Å². The first-order chi connectivity index (χ1) is 10.4. The molecule has 2 nitrogen and oxygen atoms in total. The van der Waals surface area contributed by atoms with Gasteiger partial charge in [-0.3, -0.25) is 0 Å². The summed E-state index contributed by atoms with van der Waals surface area (Å²) in [6, 6.07) is 23.0. The second-order valence-corrected chi connectivity index (χ2v) is 5.12. The standard InChI is InChI=1S/C19H19NO/c1-20-13-15-6-4-7-16(12-15)14-21-19-11-5-9-17-8-2-3-10-18(17)19/h2-12,20H,13-14H2,1H3. The Hall–Kier alpha value is -2.32. The summed E-state index contributed by atoms with van der Waals surface area (Å²) in [5.41, 5.74) is 2.47. The Kier molecular flexibility index (Phi) is 4.17. The largest absolute Gasteiger partial charge is 0.488 e. The highest BCUT2D eigenvalue weighted by Crippen LogP contribution is 2.25. The molecule has 0 fully saturated rings. The average molecular weight is 277 g/mol. The van der Waals surface area contributed by atoms with Gasteiger partial charge in [-0.2, -0.15) is 0 Å². The molecule has 0 heterocycles.